The molecule has 1 heterocycles. The SMILES string of the molecule is CC(C)(C)c1ccc(Nc2ccc(NC(=O)C3CCOCC3)cc2)cc1. The van der Waals surface area contributed by atoms with Crippen LogP contribution in [0, 0.1) is 5.92 Å². The van der Waals surface area contributed by atoms with E-state index in [-0.39, 0.29) is 17.2 Å². The van der Waals surface area contributed by atoms with E-state index in [1.54, 1.807) is 0 Å². The number of rotatable bonds is 4. The van der Waals surface area contributed by atoms with Gasteiger partial charge in [-0.1, -0.05) is 32.9 Å². The largest absolute Gasteiger partial charge is 0.381 e. The van der Waals surface area contributed by atoms with Crippen molar-refractivity contribution in [3.05, 3.63) is 54.1 Å². The predicted octanol–water partition coefficient (Wildman–Crippen LogP) is 5.09. The van der Waals surface area contributed by atoms with E-state index in [2.05, 4.69) is 55.7 Å². The Morgan fingerprint density at radius 2 is 1.38 bits per heavy atom. The Morgan fingerprint density at radius 3 is 1.92 bits per heavy atom. The minimum absolute atomic E-state index is 0.0582. The van der Waals surface area contributed by atoms with Crippen molar-refractivity contribution in [1.82, 2.24) is 0 Å². The highest BCUT2D eigenvalue weighted by molar-refractivity contribution is 5.92. The smallest absolute Gasteiger partial charge is 0.227 e. The molecule has 1 fully saturated rings. The van der Waals surface area contributed by atoms with E-state index < -0.39 is 0 Å². The van der Waals surface area contributed by atoms with Crippen LogP contribution in [0.25, 0.3) is 0 Å². The lowest BCUT2D eigenvalue weighted by Crippen LogP contribution is -2.28. The molecule has 0 bridgehead atoms. The summed E-state index contributed by atoms with van der Waals surface area (Å²) in [5.41, 5.74) is 4.35. The van der Waals surface area contributed by atoms with Gasteiger partial charge in [-0.15, -0.1) is 0 Å². The normalized spacial score (nSPS) is 15.5. The highest BCUT2D eigenvalue weighted by Crippen LogP contribution is 2.25. The highest BCUT2D eigenvalue weighted by Gasteiger charge is 2.21. The number of anilines is 3. The van der Waals surface area contributed by atoms with E-state index >= 15 is 0 Å². The minimum Gasteiger partial charge on any atom is -0.381 e. The molecule has 26 heavy (non-hydrogen) atoms. The van der Waals surface area contributed by atoms with E-state index in [1.165, 1.54) is 5.56 Å². The quantitative estimate of drug-likeness (QED) is 0.805. The van der Waals surface area contributed by atoms with Crippen molar-refractivity contribution in [3.63, 3.8) is 0 Å². The number of carbonyl (C=O) groups is 1. The fraction of sp³-hybridized carbons (Fsp3) is 0.409. The molecular formula is C22H28N2O2. The van der Waals surface area contributed by atoms with Gasteiger partial charge in [-0.25, -0.2) is 0 Å². The Labute approximate surface area is 156 Å². The number of nitrogens with one attached hydrogen (secondary N) is 2. The van der Waals surface area contributed by atoms with Crippen molar-refractivity contribution in [1.29, 1.82) is 0 Å². The van der Waals surface area contributed by atoms with E-state index in [4.69, 9.17) is 4.74 Å². The summed E-state index contributed by atoms with van der Waals surface area (Å²) < 4.78 is 5.31. The first-order valence-electron chi connectivity index (χ1n) is 9.28. The van der Waals surface area contributed by atoms with Crippen molar-refractivity contribution in [2.24, 2.45) is 5.92 Å². The first-order chi connectivity index (χ1) is 12.4. The average molecular weight is 352 g/mol. The van der Waals surface area contributed by atoms with Crippen molar-refractivity contribution in [2.45, 2.75) is 39.0 Å². The lowest BCUT2D eigenvalue weighted by Gasteiger charge is -2.21. The second kappa shape index (κ2) is 7.92. The van der Waals surface area contributed by atoms with Crippen LogP contribution in [0.5, 0.6) is 0 Å². The maximum Gasteiger partial charge on any atom is 0.227 e. The van der Waals surface area contributed by atoms with Crippen molar-refractivity contribution >= 4 is 23.0 Å². The molecule has 4 heteroatoms. The third kappa shape index (κ3) is 4.85. The molecule has 4 nitrogen and oxygen atoms in total. The summed E-state index contributed by atoms with van der Waals surface area (Å²) in [7, 11) is 0. The molecule has 2 N–H and O–H groups in total. The van der Waals surface area contributed by atoms with Gasteiger partial charge in [0.05, 0.1) is 0 Å². The van der Waals surface area contributed by atoms with E-state index in [0.29, 0.717) is 13.2 Å². The second-order valence-corrected chi connectivity index (χ2v) is 7.91. The predicted molar refractivity (Wildman–Crippen MR) is 107 cm³/mol. The fourth-order valence-corrected chi connectivity index (χ4v) is 3.06. The van der Waals surface area contributed by atoms with Gasteiger partial charge in [-0.3, -0.25) is 4.79 Å². The first-order valence-corrected chi connectivity index (χ1v) is 9.28. The molecule has 0 spiro atoms. The van der Waals surface area contributed by atoms with Crippen LogP contribution in [0.3, 0.4) is 0 Å². The van der Waals surface area contributed by atoms with Crippen LogP contribution in [0.2, 0.25) is 0 Å². The summed E-state index contributed by atoms with van der Waals surface area (Å²) >= 11 is 0. The summed E-state index contributed by atoms with van der Waals surface area (Å²) in [4.78, 5) is 12.3. The van der Waals surface area contributed by atoms with Crippen molar-refractivity contribution in [2.75, 3.05) is 23.8 Å². The number of hydrogen-bond acceptors (Lipinski definition) is 3. The zero-order valence-corrected chi connectivity index (χ0v) is 15.8. The van der Waals surface area contributed by atoms with Gasteiger partial charge in [0.1, 0.15) is 0 Å². The van der Waals surface area contributed by atoms with Gasteiger partial charge in [0.15, 0.2) is 0 Å². The monoisotopic (exact) mass is 352 g/mol. The molecule has 138 valence electrons. The van der Waals surface area contributed by atoms with Crippen LogP contribution in [-0.2, 0) is 14.9 Å². The van der Waals surface area contributed by atoms with Crippen LogP contribution >= 0.6 is 0 Å². The van der Waals surface area contributed by atoms with E-state index in [1.807, 2.05) is 24.3 Å². The number of amides is 1. The Morgan fingerprint density at radius 1 is 0.885 bits per heavy atom. The lowest BCUT2D eigenvalue weighted by atomic mass is 9.87. The molecule has 2 aromatic rings. The molecule has 0 unspecified atom stereocenters. The Balaban J connectivity index is 1.58. The Kier molecular flexibility index (Phi) is 5.62. The zero-order valence-electron chi connectivity index (χ0n) is 15.8. The summed E-state index contributed by atoms with van der Waals surface area (Å²) in [5.74, 6) is 0.148. The molecule has 0 aromatic heterocycles. The highest BCUT2D eigenvalue weighted by atomic mass is 16.5. The fourth-order valence-electron chi connectivity index (χ4n) is 3.06. The minimum atomic E-state index is 0.0582. The number of carbonyl (C=O) groups excluding carboxylic acids is 1. The summed E-state index contributed by atoms with van der Waals surface area (Å²) in [5, 5.41) is 6.40. The van der Waals surface area contributed by atoms with Gasteiger partial charge in [-0.2, -0.15) is 0 Å². The second-order valence-electron chi connectivity index (χ2n) is 7.91. The molecule has 1 aliphatic heterocycles. The molecule has 3 rings (SSSR count). The van der Waals surface area contributed by atoms with Crippen LogP contribution in [0.4, 0.5) is 17.1 Å². The molecular weight excluding hydrogens is 324 g/mol. The van der Waals surface area contributed by atoms with Crippen molar-refractivity contribution in [3.8, 4) is 0 Å². The zero-order chi connectivity index (χ0) is 18.6. The molecule has 0 aliphatic carbocycles. The standard InChI is InChI=1S/C22H28N2O2/c1-22(2,3)17-4-6-18(7-5-17)23-19-8-10-20(11-9-19)24-21(25)16-12-14-26-15-13-16/h4-11,16,23H,12-15H2,1-3H3,(H,24,25). The third-order valence-electron chi connectivity index (χ3n) is 4.78. The summed E-state index contributed by atoms with van der Waals surface area (Å²) in [6.45, 7) is 7.98. The summed E-state index contributed by atoms with van der Waals surface area (Å²) in [6.07, 6.45) is 1.60. The topological polar surface area (TPSA) is 50.4 Å². The maximum absolute atomic E-state index is 12.3. The van der Waals surface area contributed by atoms with Crippen molar-refractivity contribution < 1.29 is 9.53 Å². The number of hydrogen-bond donors (Lipinski definition) is 2. The lowest BCUT2D eigenvalue weighted by molar-refractivity contribution is -0.122. The molecule has 0 saturated carbocycles. The van der Waals surface area contributed by atoms with Gasteiger partial charge < -0.3 is 15.4 Å². The molecule has 1 aliphatic rings. The number of ether oxygens (including phenoxy) is 1. The van der Waals surface area contributed by atoms with E-state index in [9.17, 15) is 4.79 Å². The molecule has 0 atom stereocenters. The molecule has 2 aromatic carbocycles. The van der Waals surface area contributed by atoms with Gasteiger partial charge >= 0.3 is 0 Å². The molecule has 0 radical (unpaired) electrons. The van der Waals surface area contributed by atoms with E-state index in [0.717, 1.165) is 29.9 Å². The number of benzene rings is 2. The van der Waals surface area contributed by atoms with Gasteiger partial charge in [0.2, 0.25) is 5.91 Å². The van der Waals surface area contributed by atoms with Gasteiger partial charge in [0.25, 0.3) is 0 Å². The van der Waals surface area contributed by atoms with Gasteiger partial charge in [-0.05, 0) is 60.2 Å². The Bertz CT molecular complexity index is 724. The Hall–Kier alpha value is -2.33. The van der Waals surface area contributed by atoms with Gasteiger partial charge in [0, 0.05) is 36.2 Å². The van der Waals surface area contributed by atoms with Crippen LogP contribution in [0.15, 0.2) is 48.5 Å². The molecule has 1 saturated heterocycles. The molecule has 1 amide bonds. The van der Waals surface area contributed by atoms with Crippen LogP contribution in [0.1, 0.15) is 39.2 Å². The van der Waals surface area contributed by atoms with Crippen LogP contribution < -0.4 is 10.6 Å². The average Bonchev–Trinajstić information content (AvgIpc) is 2.64. The maximum atomic E-state index is 12.3. The first kappa shape index (κ1) is 18.5. The summed E-state index contributed by atoms with van der Waals surface area (Å²) in [6, 6.07) is 16.3. The van der Waals surface area contributed by atoms with Crippen LogP contribution in [-0.4, -0.2) is 19.1 Å². The third-order valence-corrected chi connectivity index (χ3v) is 4.78.